The summed E-state index contributed by atoms with van der Waals surface area (Å²) in [6.07, 6.45) is 0.0478. The molecule has 0 radical (unpaired) electrons. The lowest BCUT2D eigenvalue weighted by molar-refractivity contribution is -0.137. The third-order valence-electron chi connectivity index (χ3n) is 6.16. The fourth-order valence-electron chi connectivity index (χ4n) is 4.32. The van der Waals surface area contributed by atoms with E-state index in [4.69, 9.17) is 0 Å². The van der Waals surface area contributed by atoms with Crippen LogP contribution >= 0.6 is 0 Å². The van der Waals surface area contributed by atoms with Gasteiger partial charge in [-0.3, -0.25) is 19.4 Å². The second-order valence-electron chi connectivity index (χ2n) is 8.58. The highest BCUT2D eigenvalue weighted by molar-refractivity contribution is 5.93. The molecule has 31 heavy (non-hydrogen) atoms. The number of carbonyl (C=O) groups is 2. The zero-order valence-electron chi connectivity index (χ0n) is 17.9. The van der Waals surface area contributed by atoms with Crippen molar-refractivity contribution in [1.82, 2.24) is 15.1 Å². The van der Waals surface area contributed by atoms with E-state index in [1.54, 1.807) is 0 Å². The normalized spacial score (nSPS) is 23.4. The van der Waals surface area contributed by atoms with E-state index in [0.717, 1.165) is 25.3 Å². The van der Waals surface area contributed by atoms with Crippen molar-refractivity contribution in [1.29, 1.82) is 0 Å². The Hall–Kier alpha value is -2.13. The molecule has 1 heterocycles. The molecule has 172 valence electrons. The van der Waals surface area contributed by atoms with E-state index in [-0.39, 0.29) is 24.2 Å². The van der Waals surface area contributed by atoms with Gasteiger partial charge in [-0.15, -0.1) is 0 Å². The largest absolute Gasteiger partial charge is 0.418 e. The minimum absolute atomic E-state index is 0.0197. The average molecular weight is 441 g/mol. The summed E-state index contributed by atoms with van der Waals surface area (Å²) < 4.78 is 39.2. The van der Waals surface area contributed by atoms with Gasteiger partial charge < -0.3 is 10.6 Å². The Morgan fingerprint density at radius 1 is 0.968 bits per heavy atom. The highest BCUT2D eigenvalue weighted by atomic mass is 19.4. The summed E-state index contributed by atoms with van der Waals surface area (Å²) in [6.45, 7) is 4.98. The van der Waals surface area contributed by atoms with Crippen LogP contribution in [0.25, 0.3) is 0 Å². The lowest BCUT2D eigenvalue weighted by Gasteiger charge is -2.35. The predicted molar refractivity (Wildman–Crippen MR) is 113 cm³/mol. The Labute approximate surface area is 181 Å². The van der Waals surface area contributed by atoms with Crippen molar-refractivity contribution < 1.29 is 22.8 Å². The van der Waals surface area contributed by atoms with Crippen LogP contribution in [-0.2, 0) is 15.8 Å². The number of halogens is 3. The van der Waals surface area contributed by atoms with Crippen molar-refractivity contribution >= 4 is 17.5 Å². The van der Waals surface area contributed by atoms with Crippen LogP contribution in [0, 0.1) is 5.92 Å². The number of amides is 2. The molecule has 6 nitrogen and oxygen atoms in total. The van der Waals surface area contributed by atoms with Gasteiger partial charge in [0.15, 0.2) is 0 Å². The van der Waals surface area contributed by atoms with Gasteiger partial charge in [0, 0.05) is 32.2 Å². The first-order valence-corrected chi connectivity index (χ1v) is 10.9. The van der Waals surface area contributed by atoms with E-state index in [1.807, 2.05) is 4.90 Å². The quantitative estimate of drug-likeness (QED) is 0.714. The topological polar surface area (TPSA) is 64.7 Å². The third kappa shape index (κ3) is 6.93. The maximum atomic E-state index is 13.1. The summed E-state index contributed by atoms with van der Waals surface area (Å²) in [6, 6.07) is 5.22. The number of para-hydroxylation sites is 1. The Bertz CT molecular complexity index is 763. The summed E-state index contributed by atoms with van der Waals surface area (Å²) in [5.74, 6) is 0.0680. The van der Waals surface area contributed by atoms with Gasteiger partial charge in [0.2, 0.25) is 11.8 Å². The van der Waals surface area contributed by atoms with E-state index in [0.29, 0.717) is 38.6 Å². The SMILES string of the molecule is C[C@H]1CCCC[C@H]1NC(=O)CN1CCN(CC(=O)Nc2ccccc2C(F)(F)F)CC1. The molecule has 2 aliphatic rings. The van der Waals surface area contributed by atoms with Crippen LogP contribution in [0.15, 0.2) is 24.3 Å². The summed E-state index contributed by atoms with van der Waals surface area (Å²) in [4.78, 5) is 28.6. The number of alkyl halides is 3. The van der Waals surface area contributed by atoms with E-state index in [9.17, 15) is 22.8 Å². The van der Waals surface area contributed by atoms with E-state index >= 15 is 0 Å². The second-order valence-corrected chi connectivity index (χ2v) is 8.58. The number of hydrogen-bond donors (Lipinski definition) is 2. The summed E-state index contributed by atoms with van der Waals surface area (Å²) in [5, 5.41) is 5.53. The third-order valence-corrected chi connectivity index (χ3v) is 6.16. The van der Waals surface area contributed by atoms with E-state index in [2.05, 4.69) is 22.5 Å². The molecular weight excluding hydrogens is 409 g/mol. The molecule has 0 unspecified atom stereocenters. The smallest absolute Gasteiger partial charge is 0.352 e. The molecule has 2 atom stereocenters. The van der Waals surface area contributed by atoms with Crippen LogP contribution in [0.3, 0.4) is 0 Å². The first-order chi connectivity index (χ1) is 14.7. The molecule has 9 heteroatoms. The monoisotopic (exact) mass is 440 g/mol. The molecule has 0 spiro atoms. The van der Waals surface area contributed by atoms with Crippen LogP contribution in [0.2, 0.25) is 0 Å². The van der Waals surface area contributed by atoms with Crippen molar-refractivity contribution in [2.75, 3.05) is 44.6 Å². The van der Waals surface area contributed by atoms with Gasteiger partial charge >= 0.3 is 6.18 Å². The number of carbonyl (C=O) groups excluding carboxylic acids is 2. The van der Waals surface area contributed by atoms with Crippen molar-refractivity contribution in [3.8, 4) is 0 Å². The number of piperazine rings is 1. The zero-order chi connectivity index (χ0) is 22.4. The maximum Gasteiger partial charge on any atom is 0.418 e. The Balaban J connectivity index is 1.41. The Morgan fingerprint density at radius 3 is 2.16 bits per heavy atom. The Morgan fingerprint density at radius 2 is 1.55 bits per heavy atom. The number of nitrogens with one attached hydrogen (secondary N) is 2. The number of benzene rings is 1. The molecule has 2 fully saturated rings. The molecule has 2 N–H and O–H groups in total. The lowest BCUT2D eigenvalue weighted by Crippen LogP contribution is -2.52. The number of rotatable bonds is 6. The van der Waals surface area contributed by atoms with Crippen molar-refractivity contribution in [3.63, 3.8) is 0 Å². The summed E-state index contributed by atoms with van der Waals surface area (Å²) in [7, 11) is 0. The zero-order valence-corrected chi connectivity index (χ0v) is 17.9. The van der Waals surface area contributed by atoms with Crippen LogP contribution in [0.1, 0.15) is 38.2 Å². The molecule has 3 rings (SSSR count). The van der Waals surface area contributed by atoms with Gasteiger partial charge in [-0.05, 0) is 30.9 Å². The minimum atomic E-state index is -4.52. The van der Waals surface area contributed by atoms with Gasteiger partial charge in [-0.25, -0.2) is 0 Å². The first kappa shape index (κ1) is 23.5. The highest BCUT2D eigenvalue weighted by Crippen LogP contribution is 2.34. The summed E-state index contributed by atoms with van der Waals surface area (Å²) in [5.41, 5.74) is -1.08. The van der Waals surface area contributed by atoms with Crippen LogP contribution in [0.4, 0.5) is 18.9 Å². The molecule has 1 saturated carbocycles. The molecule has 1 aliphatic heterocycles. The van der Waals surface area contributed by atoms with Gasteiger partial charge in [0.25, 0.3) is 0 Å². The van der Waals surface area contributed by atoms with Crippen molar-refractivity contribution in [3.05, 3.63) is 29.8 Å². The van der Waals surface area contributed by atoms with Crippen LogP contribution in [0.5, 0.6) is 0 Å². The number of anilines is 1. The second kappa shape index (κ2) is 10.5. The first-order valence-electron chi connectivity index (χ1n) is 10.9. The number of hydrogen-bond acceptors (Lipinski definition) is 4. The fraction of sp³-hybridized carbons (Fsp3) is 0.636. The molecular formula is C22H31F3N4O2. The van der Waals surface area contributed by atoms with Gasteiger partial charge in [-0.1, -0.05) is 31.9 Å². The molecule has 0 aromatic heterocycles. The van der Waals surface area contributed by atoms with Crippen molar-refractivity contribution in [2.24, 2.45) is 5.92 Å². The molecule has 1 aliphatic carbocycles. The van der Waals surface area contributed by atoms with E-state index in [1.165, 1.54) is 24.6 Å². The lowest BCUT2D eigenvalue weighted by atomic mass is 9.86. The molecule has 0 bridgehead atoms. The predicted octanol–water partition coefficient (Wildman–Crippen LogP) is 2.96. The van der Waals surface area contributed by atoms with Crippen LogP contribution < -0.4 is 10.6 Å². The number of nitrogens with zero attached hydrogens (tertiary/aromatic N) is 2. The Kier molecular flexibility index (Phi) is 7.94. The van der Waals surface area contributed by atoms with Crippen molar-refractivity contribution in [2.45, 2.75) is 44.8 Å². The van der Waals surface area contributed by atoms with Gasteiger partial charge in [-0.2, -0.15) is 13.2 Å². The molecule has 2 amide bonds. The molecule has 1 aromatic rings. The van der Waals surface area contributed by atoms with Crippen LogP contribution in [-0.4, -0.2) is 66.9 Å². The highest BCUT2D eigenvalue weighted by Gasteiger charge is 2.33. The molecule has 1 saturated heterocycles. The van der Waals surface area contributed by atoms with Gasteiger partial charge in [0.05, 0.1) is 24.3 Å². The molecule has 1 aromatic carbocycles. The fourth-order valence-corrected chi connectivity index (χ4v) is 4.32. The average Bonchev–Trinajstić information content (AvgIpc) is 2.71. The van der Waals surface area contributed by atoms with Gasteiger partial charge in [0.1, 0.15) is 0 Å². The van der Waals surface area contributed by atoms with E-state index < -0.39 is 17.6 Å². The standard InChI is InChI=1S/C22H31F3N4O2/c1-16-6-2-4-8-18(16)26-20(30)14-28-10-12-29(13-11-28)15-21(31)27-19-9-5-3-7-17(19)22(23,24)25/h3,5,7,9,16,18H,2,4,6,8,10-15H2,1H3,(H,26,30)(H,27,31)/t16-,18+/m0/s1. The summed E-state index contributed by atoms with van der Waals surface area (Å²) >= 11 is 0. The maximum absolute atomic E-state index is 13.1. The minimum Gasteiger partial charge on any atom is -0.352 e.